The van der Waals surface area contributed by atoms with E-state index in [9.17, 15) is 20.1 Å². The fourth-order valence-corrected chi connectivity index (χ4v) is 3.83. The molecule has 0 aliphatic heterocycles. The Morgan fingerprint density at radius 2 is 1.50 bits per heavy atom. The van der Waals surface area contributed by atoms with E-state index in [1.54, 1.807) is 36.4 Å². The van der Waals surface area contributed by atoms with E-state index in [4.69, 9.17) is 28.4 Å². The van der Waals surface area contributed by atoms with E-state index in [-0.39, 0.29) is 23.9 Å². The van der Waals surface area contributed by atoms with Gasteiger partial charge in [0.05, 0.1) is 27.9 Å². The molecule has 3 rings (SSSR count). The molecule has 3 N–H and O–H groups in total. The maximum Gasteiger partial charge on any atom is 0.330 e. The second-order valence-corrected chi connectivity index (χ2v) is 8.62. The maximum atomic E-state index is 12.1. The van der Waals surface area contributed by atoms with Crippen LogP contribution in [0.25, 0.3) is 6.08 Å². The van der Waals surface area contributed by atoms with Gasteiger partial charge in [-0.2, -0.15) is 0 Å². The number of aliphatic hydroxyl groups excluding tert-OH is 1. The smallest absolute Gasteiger partial charge is 0.330 e. The Kier molecular flexibility index (Phi) is 11.0. The molecule has 0 saturated heterocycles. The molecule has 3 aromatic rings. The SMILES string of the molecule is COc1cc(/C=C/C(=O)OCCCc2ccc(O[C@@H](OC)[C@H](O)c3ccc(O)c(OC)c3)c(OC)c2)ccc1O. The van der Waals surface area contributed by atoms with E-state index in [0.717, 1.165) is 5.56 Å². The van der Waals surface area contributed by atoms with Crippen molar-refractivity contribution in [2.45, 2.75) is 25.2 Å². The molecule has 0 amide bonds. The topological polar surface area (TPSA) is 133 Å². The number of benzene rings is 3. The minimum absolute atomic E-state index is 0.0182. The second kappa shape index (κ2) is 14.7. The summed E-state index contributed by atoms with van der Waals surface area (Å²) in [4.78, 5) is 12.1. The molecular formula is C30H34O10. The van der Waals surface area contributed by atoms with Crippen LogP contribution in [0.2, 0.25) is 0 Å². The molecule has 40 heavy (non-hydrogen) atoms. The predicted molar refractivity (Wildman–Crippen MR) is 147 cm³/mol. The molecule has 0 radical (unpaired) electrons. The highest BCUT2D eigenvalue weighted by atomic mass is 16.7. The molecule has 0 saturated carbocycles. The van der Waals surface area contributed by atoms with Gasteiger partial charge in [-0.25, -0.2) is 4.79 Å². The lowest BCUT2D eigenvalue weighted by Crippen LogP contribution is -2.27. The third-order valence-electron chi connectivity index (χ3n) is 5.98. The largest absolute Gasteiger partial charge is 0.504 e. The first-order valence-electron chi connectivity index (χ1n) is 12.4. The minimum Gasteiger partial charge on any atom is -0.504 e. The molecule has 214 valence electrons. The van der Waals surface area contributed by atoms with Gasteiger partial charge < -0.3 is 43.7 Å². The van der Waals surface area contributed by atoms with Gasteiger partial charge in [-0.1, -0.05) is 18.2 Å². The van der Waals surface area contributed by atoms with E-state index < -0.39 is 18.4 Å². The number of esters is 1. The summed E-state index contributed by atoms with van der Waals surface area (Å²) < 4.78 is 32.2. The van der Waals surface area contributed by atoms with Gasteiger partial charge in [-0.15, -0.1) is 0 Å². The van der Waals surface area contributed by atoms with Crippen molar-refractivity contribution in [2.24, 2.45) is 0 Å². The third-order valence-corrected chi connectivity index (χ3v) is 5.98. The van der Waals surface area contributed by atoms with Crippen LogP contribution >= 0.6 is 0 Å². The Morgan fingerprint density at radius 1 is 0.825 bits per heavy atom. The van der Waals surface area contributed by atoms with Gasteiger partial charge in [0.2, 0.25) is 6.29 Å². The lowest BCUT2D eigenvalue weighted by Gasteiger charge is -2.24. The van der Waals surface area contributed by atoms with E-state index in [1.165, 1.54) is 52.7 Å². The Hall–Kier alpha value is -4.41. The lowest BCUT2D eigenvalue weighted by molar-refractivity contribution is -0.137. The van der Waals surface area contributed by atoms with Crippen molar-refractivity contribution in [3.8, 4) is 34.5 Å². The number of methoxy groups -OCH3 is 4. The molecule has 2 atom stereocenters. The zero-order valence-electron chi connectivity index (χ0n) is 22.8. The predicted octanol–water partition coefficient (Wildman–Crippen LogP) is 4.40. The van der Waals surface area contributed by atoms with Crippen LogP contribution < -0.4 is 18.9 Å². The molecule has 10 nitrogen and oxygen atoms in total. The third kappa shape index (κ3) is 8.05. The first-order valence-corrected chi connectivity index (χ1v) is 12.4. The molecule has 0 unspecified atom stereocenters. The zero-order valence-corrected chi connectivity index (χ0v) is 22.8. The van der Waals surface area contributed by atoms with Crippen LogP contribution in [0.3, 0.4) is 0 Å². The normalized spacial score (nSPS) is 12.5. The summed E-state index contributed by atoms with van der Waals surface area (Å²) >= 11 is 0. The highest BCUT2D eigenvalue weighted by Crippen LogP contribution is 2.34. The molecule has 10 heteroatoms. The highest BCUT2D eigenvalue weighted by Gasteiger charge is 2.25. The molecule has 0 aromatic heterocycles. The standard InChI is InChI=1S/C30H34O10/c1-35-25-16-20(7-11-22(25)31)9-14-28(33)39-15-5-6-19-8-13-24(27(17-19)37-3)40-30(38-4)29(34)21-10-12-23(32)26(18-21)36-2/h7-14,16-18,29-32,34H,5-6,15H2,1-4H3/b14-9+/t29-,30-/m1/s1. The van der Waals surface area contributed by atoms with E-state index in [0.29, 0.717) is 41.2 Å². The van der Waals surface area contributed by atoms with Gasteiger partial charge in [-0.05, 0) is 72.0 Å². The van der Waals surface area contributed by atoms with Crippen molar-refractivity contribution >= 4 is 12.0 Å². The molecule has 0 heterocycles. The average molecular weight is 555 g/mol. The summed E-state index contributed by atoms with van der Waals surface area (Å²) in [7, 11) is 5.78. The number of hydrogen-bond donors (Lipinski definition) is 3. The van der Waals surface area contributed by atoms with Crippen molar-refractivity contribution in [1.29, 1.82) is 0 Å². The second-order valence-electron chi connectivity index (χ2n) is 8.62. The fraction of sp³-hybridized carbons (Fsp3) is 0.300. The number of aryl methyl sites for hydroxylation is 1. The number of aromatic hydroxyl groups is 2. The summed E-state index contributed by atoms with van der Waals surface area (Å²) in [6.07, 6.45) is 1.85. The number of carbonyl (C=O) groups excluding carboxylic acids is 1. The molecule has 0 spiro atoms. The van der Waals surface area contributed by atoms with E-state index in [1.807, 2.05) is 6.07 Å². The quantitative estimate of drug-likeness (QED) is 0.114. The maximum absolute atomic E-state index is 12.1. The van der Waals surface area contributed by atoms with Gasteiger partial charge in [0.25, 0.3) is 0 Å². The van der Waals surface area contributed by atoms with Crippen LogP contribution in [0.15, 0.2) is 60.7 Å². The van der Waals surface area contributed by atoms with Gasteiger partial charge in [0.15, 0.2) is 34.5 Å². The van der Waals surface area contributed by atoms with Gasteiger partial charge in [0, 0.05) is 13.2 Å². The van der Waals surface area contributed by atoms with Gasteiger partial charge >= 0.3 is 5.97 Å². The molecule has 3 aromatic carbocycles. The van der Waals surface area contributed by atoms with Crippen molar-refractivity contribution in [2.75, 3.05) is 35.0 Å². The molecule has 0 aliphatic rings. The number of phenols is 2. The van der Waals surface area contributed by atoms with Crippen molar-refractivity contribution < 1.29 is 48.5 Å². The molecule has 0 aliphatic carbocycles. The first-order chi connectivity index (χ1) is 19.3. The number of rotatable bonds is 14. The summed E-state index contributed by atoms with van der Waals surface area (Å²) in [5.74, 6) is 0.826. The summed E-state index contributed by atoms with van der Waals surface area (Å²) in [6.45, 7) is 0.219. The van der Waals surface area contributed by atoms with Crippen molar-refractivity contribution in [1.82, 2.24) is 0 Å². The Balaban J connectivity index is 1.54. The van der Waals surface area contributed by atoms with Crippen LogP contribution in [-0.4, -0.2) is 62.6 Å². The lowest BCUT2D eigenvalue weighted by atomic mass is 10.1. The van der Waals surface area contributed by atoms with E-state index in [2.05, 4.69) is 0 Å². The Morgan fingerprint density at radius 3 is 2.17 bits per heavy atom. The van der Waals surface area contributed by atoms with Crippen LogP contribution in [-0.2, 0) is 20.7 Å². The highest BCUT2D eigenvalue weighted by molar-refractivity contribution is 5.87. The fourth-order valence-electron chi connectivity index (χ4n) is 3.83. The average Bonchev–Trinajstić information content (AvgIpc) is 2.97. The summed E-state index contributed by atoms with van der Waals surface area (Å²) in [6, 6.07) is 14.6. The van der Waals surface area contributed by atoms with E-state index >= 15 is 0 Å². The number of hydrogen-bond acceptors (Lipinski definition) is 10. The Bertz CT molecular complexity index is 1300. The number of ether oxygens (including phenoxy) is 6. The monoisotopic (exact) mass is 554 g/mol. The Labute approximate surface area is 232 Å². The van der Waals surface area contributed by atoms with Gasteiger partial charge in [-0.3, -0.25) is 0 Å². The van der Waals surface area contributed by atoms with Gasteiger partial charge in [0.1, 0.15) is 6.10 Å². The van der Waals surface area contributed by atoms with Crippen LogP contribution in [0.1, 0.15) is 29.2 Å². The summed E-state index contributed by atoms with van der Waals surface area (Å²) in [5, 5.41) is 30.3. The van der Waals surface area contributed by atoms with Crippen LogP contribution in [0.5, 0.6) is 34.5 Å². The first kappa shape index (κ1) is 30.1. The number of aliphatic hydroxyl groups is 1. The van der Waals surface area contributed by atoms with Crippen molar-refractivity contribution in [3.05, 3.63) is 77.4 Å². The van der Waals surface area contributed by atoms with Crippen molar-refractivity contribution in [3.63, 3.8) is 0 Å². The molecular weight excluding hydrogens is 520 g/mol. The van der Waals surface area contributed by atoms with Crippen LogP contribution in [0.4, 0.5) is 0 Å². The number of carbonyl (C=O) groups is 1. The molecule has 0 bridgehead atoms. The number of phenolic OH excluding ortho intramolecular Hbond substituents is 2. The minimum atomic E-state index is -1.18. The summed E-state index contributed by atoms with van der Waals surface area (Å²) in [5.41, 5.74) is 2.06. The zero-order chi connectivity index (χ0) is 29.1. The van der Waals surface area contributed by atoms with Crippen LogP contribution in [0, 0.1) is 0 Å². The molecule has 0 fully saturated rings.